The van der Waals surface area contributed by atoms with Crippen LogP contribution in [0.25, 0.3) is 0 Å². The normalized spacial score (nSPS) is 15.8. The van der Waals surface area contributed by atoms with Gasteiger partial charge < -0.3 is 28.0 Å². The predicted octanol–water partition coefficient (Wildman–Crippen LogP) is -0.748. The van der Waals surface area contributed by atoms with E-state index < -0.39 is 10.7 Å². The zero-order chi connectivity index (χ0) is 11.7. The van der Waals surface area contributed by atoms with Crippen LogP contribution in [0.2, 0.25) is 0 Å². The van der Waals surface area contributed by atoms with Gasteiger partial charge in [0.1, 0.15) is 0 Å². The molecule has 0 aromatic carbocycles. The summed E-state index contributed by atoms with van der Waals surface area (Å²) in [4.78, 5) is 0. The monoisotopic (exact) mass is 239 g/mol. The van der Waals surface area contributed by atoms with Crippen molar-refractivity contribution in [3.05, 3.63) is 13.8 Å². The third-order valence-corrected chi connectivity index (χ3v) is 3.33. The van der Waals surface area contributed by atoms with Crippen molar-refractivity contribution >= 4 is 10.7 Å². The second-order valence-corrected chi connectivity index (χ2v) is 4.90. The SMILES string of the molecule is O=[S-](=O)CC1CCCC1.[CH2-]CC(N)C[CH2-].[Li+]. The van der Waals surface area contributed by atoms with E-state index in [9.17, 15) is 8.42 Å². The minimum Gasteiger partial charge on any atom is -0.424 e. The van der Waals surface area contributed by atoms with Gasteiger partial charge in [-0.25, -0.2) is 0 Å². The van der Waals surface area contributed by atoms with E-state index in [2.05, 4.69) is 13.8 Å². The quantitative estimate of drug-likeness (QED) is 0.399. The van der Waals surface area contributed by atoms with Crippen molar-refractivity contribution in [2.45, 2.75) is 44.6 Å². The fraction of sp³-hybridized carbons (Fsp3) is 0.818. The topological polar surface area (TPSA) is 60.2 Å². The molecule has 0 heterocycles. The van der Waals surface area contributed by atoms with Crippen molar-refractivity contribution < 1.29 is 27.3 Å². The van der Waals surface area contributed by atoms with Gasteiger partial charge in [-0.3, -0.25) is 0 Å². The van der Waals surface area contributed by atoms with E-state index in [0.717, 1.165) is 25.7 Å². The zero-order valence-electron chi connectivity index (χ0n) is 10.3. The molecule has 1 aliphatic rings. The van der Waals surface area contributed by atoms with E-state index in [1.807, 2.05) is 0 Å². The van der Waals surface area contributed by atoms with Crippen molar-refractivity contribution in [3.8, 4) is 0 Å². The molecule has 0 amide bonds. The summed E-state index contributed by atoms with van der Waals surface area (Å²) in [6, 6.07) is 0.213. The van der Waals surface area contributed by atoms with Gasteiger partial charge >= 0.3 is 18.9 Å². The van der Waals surface area contributed by atoms with Crippen LogP contribution >= 0.6 is 0 Å². The van der Waals surface area contributed by atoms with E-state index in [0.29, 0.717) is 11.7 Å². The largest absolute Gasteiger partial charge is 1.00 e. The van der Waals surface area contributed by atoms with Crippen molar-refractivity contribution in [2.24, 2.45) is 11.7 Å². The van der Waals surface area contributed by atoms with Crippen LogP contribution in [-0.2, 0) is 19.1 Å². The molecule has 92 valence electrons. The molecular weight excluding hydrogens is 217 g/mol. The molecule has 0 spiro atoms. The van der Waals surface area contributed by atoms with Gasteiger partial charge in [0.15, 0.2) is 0 Å². The van der Waals surface area contributed by atoms with E-state index in [-0.39, 0.29) is 24.9 Å². The average molecular weight is 239 g/mol. The number of rotatable bonds is 4. The molecule has 0 saturated heterocycles. The van der Waals surface area contributed by atoms with Gasteiger partial charge in [0.25, 0.3) is 0 Å². The Balaban J connectivity index is 0. The molecule has 3 nitrogen and oxygen atoms in total. The molecule has 16 heavy (non-hydrogen) atoms. The average Bonchev–Trinajstić information content (AvgIpc) is 2.69. The van der Waals surface area contributed by atoms with Gasteiger partial charge in [0, 0.05) is 0 Å². The Morgan fingerprint density at radius 3 is 1.88 bits per heavy atom. The van der Waals surface area contributed by atoms with Gasteiger partial charge in [0.2, 0.25) is 0 Å². The molecule has 0 aromatic heterocycles. The van der Waals surface area contributed by atoms with Crippen molar-refractivity contribution in [2.75, 3.05) is 5.75 Å². The molecule has 5 heteroatoms. The number of nitrogens with two attached hydrogens (primary N) is 1. The Kier molecular flexibility index (Phi) is 14.1. The molecule has 2 N–H and O–H groups in total. The van der Waals surface area contributed by atoms with Crippen molar-refractivity contribution in [1.82, 2.24) is 0 Å². The van der Waals surface area contributed by atoms with Crippen LogP contribution in [0.5, 0.6) is 0 Å². The Labute approximate surface area is 114 Å². The summed E-state index contributed by atoms with van der Waals surface area (Å²) in [6.07, 6.45) is 6.28. The second kappa shape index (κ2) is 12.0. The Morgan fingerprint density at radius 2 is 1.62 bits per heavy atom. The first-order valence-corrected chi connectivity index (χ1v) is 6.74. The van der Waals surface area contributed by atoms with Gasteiger partial charge in [-0.1, -0.05) is 54.1 Å². The molecule has 1 saturated carbocycles. The fourth-order valence-corrected chi connectivity index (χ4v) is 2.23. The summed E-state index contributed by atoms with van der Waals surface area (Å²) in [5, 5.41) is 0. The minimum absolute atomic E-state index is 0. The van der Waals surface area contributed by atoms with E-state index in [1.54, 1.807) is 0 Å². The summed E-state index contributed by atoms with van der Waals surface area (Å²) in [5.74, 6) is 0.864. The number of hydrogen-bond acceptors (Lipinski definition) is 4. The number of hydrogen-bond donors (Lipinski definition) is 1. The Morgan fingerprint density at radius 1 is 1.19 bits per heavy atom. The van der Waals surface area contributed by atoms with Crippen molar-refractivity contribution in [1.29, 1.82) is 0 Å². The maximum Gasteiger partial charge on any atom is 1.00 e. The van der Waals surface area contributed by atoms with Crippen molar-refractivity contribution in [3.63, 3.8) is 0 Å². The van der Waals surface area contributed by atoms with E-state index >= 15 is 0 Å². The molecule has 1 rings (SSSR count). The van der Waals surface area contributed by atoms with Crippen LogP contribution in [-0.4, -0.2) is 11.8 Å². The van der Waals surface area contributed by atoms with Gasteiger partial charge in [-0.2, -0.15) is 12.8 Å². The second-order valence-electron chi connectivity index (χ2n) is 3.96. The van der Waals surface area contributed by atoms with Crippen LogP contribution in [0, 0.1) is 19.8 Å². The smallest absolute Gasteiger partial charge is 0.424 e. The first-order valence-electron chi connectivity index (χ1n) is 5.50. The first-order chi connectivity index (χ1) is 7.10. The van der Waals surface area contributed by atoms with Crippen LogP contribution in [0.3, 0.4) is 0 Å². The summed E-state index contributed by atoms with van der Waals surface area (Å²) >= 11 is 0. The summed E-state index contributed by atoms with van der Waals surface area (Å²) in [5.41, 5.74) is 5.35. The van der Waals surface area contributed by atoms with Gasteiger partial charge in [-0.05, 0) is 0 Å². The Hall–Kier alpha value is 0.507. The molecule has 1 aliphatic carbocycles. The third kappa shape index (κ3) is 11.0. The van der Waals surface area contributed by atoms with Crippen LogP contribution in [0.15, 0.2) is 0 Å². The maximum atomic E-state index is 10.2. The standard InChI is InChI=1S/C6H11O2S.C5H11N.Li/c7-9(8)5-6-3-1-2-4-6;1-3-5(6)4-2;/h6H,1-5H2;5H,1-4,6H2;/q-1;-2;+1. The first kappa shape index (κ1) is 18.9. The van der Waals surface area contributed by atoms with Gasteiger partial charge in [0.05, 0.1) is 0 Å². The molecule has 0 bridgehead atoms. The third-order valence-electron chi connectivity index (χ3n) is 2.59. The van der Waals surface area contributed by atoms with Crippen LogP contribution in [0.1, 0.15) is 38.5 Å². The van der Waals surface area contributed by atoms with Gasteiger partial charge in [-0.15, -0.1) is 0 Å². The predicted molar refractivity (Wildman–Crippen MR) is 63.5 cm³/mol. The van der Waals surface area contributed by atoms with Crippen LogP contribution < -0.4 is 24.6 Å². The summed E-state index contributed by atoms with van der Waals surface area (Å²) in [6.45, 7) is 7.18. The minimum atomic E-state index is -1.81. The maximum absolute atomic E-state index is 10.2. The summed E-state index contributed by atoms with van der Waals surface area (Å²) in [7, 11) is -1.81. The zero-order valence-corrected chi connectivity index (χ0v) is 11.1. The molecule has 0 radical (unpaired) electrons. The van der Waals surface area contributed by atoms with Crippen LogP contribution in [0.4, 0.5) is 0 Å². The van der Waals surface area contributed by atoms with E-state index in [4.69, 9.17) is 5.73 Å². The molecule has 0 unspecified atom stereocenters. The Bertz CT molecular complexity index is 204. The van der Waals surface area contributed by atoms with E-state index in [1.165, 1.54) is 12.8 Å². The summed E-state index contributed by atoms with van der Waals surface area (Å²) < 4.78 is 20.3. The fourth-order valence-electron chi connectivity index (χ4n) is 1.51. The molecule has 0 atom stereocenters. The molecule has 0 aromatic rings. The molecular formula is C11H22LiNO2S-2. The molecule has 1 fully saturated rings. The molecule has 0 aliphatic heterocycles.